The number of aliphatic imine (C=N–C) groups is 1. The fraction of sp³-hybridized carbons (Fsp3) is 0.100. The summed E-state index contributed by atoms with van der Waals surface area (Å²) in [6.07, 6.45) is 3.31. The van der Waals surface area contributed by atoms with Crippen LogP contribution in [0.4, 0.5) is 8.78 Å². The number of nitrogens with zero attached hydrogens (tertiary/aromatic N) is 2. The summed E-state index contributed by atoms with van der Waals surface area (Å²) in [6, 6.07) is 11.1. The first-order chi connectivity index (χ1) is 12.4. The minimum absolute atomic E-state index is 0.0407. The highest BCUT2D eigenvalue weighted by Gasteiger charge is 2.46. The van der Waals surface area contributed by atoms with E-state index in [-0.39, 0.29) is 17.0 Å². The standard InChI is InChI=1S/C20H14BrF2N3/c1-11-7-12(10-25-9-11)20(15-8-13(21)5-6-16(15)22)14-3-2-4-17(23)18(14)19(24)26-20/h2-10H,1H3,(H2,24,26). The maximum absolute atomic E-state index is 14.9. The number of amidine groups is 1. The van der Waals surface area contributed by atoms with Gasteiger partial charge >= 0.3 is 0 Å². The van der Waals surface area contributed by atoms with Crippen molar-refractivity contribution in [1.29, 1.82) is 0 Å². The Balaban J connectivity index is 2.16. The zero-order valence-electron chi connectivity index (χ0n) is 13.8. The molecule has 2 aromatic carbocycles. The molecule has 1 unspecified atom stereocenters. The van der Waals surface area contributed by atoms with Gasteiger partial charge in [-0.2, -0.15) is 0 Å². The molecule has 0 radical (unpaired) electrons. The Morgan fingerprint density at radius 2 is 1.81 bits per heavy atom. The predicted molar refractivity (Wildman–Crippen MR) is 100 cm³/mol. The summed E-state index contributed by atoms with van der Waals surface area (Å²) in [5, 5.41) is 0. The smallest absolute Gasteiger partial charge is 0.143 e. The van der Waals surface area contributed by atoms with Crippen LogP contribution in [0.3, 0.4) is 0 Å². The van der Waals surface area contributed by atoms with E-state index in [9.17, 15) is 8.78 Å². The van der Waals surface area contributed by atoms with Gasteiger partial charge in [-0.05, 0) is 42.8 Å². The summed E-state index contributed by atoms with van der Waals surface area (Å²) in [7, 11) is 0. The molecule has 1 aromatic heterocycles. The minimum atomic E-state index is -1.30. The van der Waals surface area contributed by atoms with Crippen LogP contribution in [0.15, 0.2) is 64.3 Å². The molecule has 1 aliphatic heterocycles. The number of halogens is 3. The van der Waals surface area contributed by atoms with Crippen LogP contribution in [0.5, 0.6) is 0 Å². The SMILES string of the molecule is Cc1cncc(C2(c3cc(Br)ccc3F)N=C(N)c3c(F)cccc32)c1. The topological polar surface area (TPSA) is 51.3 Å². The van der Waals surface area contributed by atoms with Crippen molar-refractivity contribution in [3.63, 3.8) is 0 Å². The molecule has 1 aliphatic rings. The lowest BCUT2D eigenvalue weighted by atomic mass is 9.77. The molecule has 6 heteroatoms. The maximum atomic E-state index is 14.9. The van der Waals surface area contributed by atoms with Crippen LogP contribution < -0.4 is 5.73 Å². The Bertz CT molecular complexity index is 1060. The van der Waals surface area contributed by atoms with Gasteiger partial charge in [0.25, 0.3) is 0 Å². The predicted octanol–water partition coefficient (Wildman–Crippen LogP) is 4.44. The molecule has 130 valence electrons. The fourth-order valence-corrected chi connectivity index (χ4v) is 3.85. The first kappa shape index (κ1) is 16.8. The van der Waals surface area contributed by atoms with Gasteiger partial charge < -0.3 is 5.73 Å². The van der Waals surface area contributed by atoms with Crippen molar-refractivity contribution < 1.29 is 8.78 Å². The second kappa shape index (κ2) is 5.99. The van der Waals surface area contributed by atoms with E-state index < -0.39 is 17.2 Å². The minimum Gasteiger partial charge on any atom is -0.383 e. The number of aryl methyl sites for hydroxylation is 1. The zero-order valence-corrected chi connectivity index (χ0v) is 15.4. The molecular formula is C20H14BrF2N3. The summed E-state index contributed by atoms with van der Waals surface area (Å²) < 4.78 is 30.1. The van der Waals surface area contributed by atoms with E-state index in [2.05, 4.69) is 25.9 Å². The van der Waals surface area contributed by atoms with Gasteiger partial charge in [-0.3, -0.25) is 4.98 Å². The highest BCUT2D eigenvalue weighted by Crippen LogP contribution is 2.47. The molecule has 1 atom stereocenters. The van der Waals surface area contributed by atoms with Gasteiger partial charge in [-0.15, -0.1) is 0 Å². The van der Waals surface area contributed by atoms with Crippen molar-refractivity contribution in [2.24, 2.45) is 10.7 Å². The molecule has 2 heterocycles. The molecule has 0 saturated carbocycles. The van der Waals surface area contributed by atoms with Crippen molar-refractivity contribution in [1.82, 2.24) is 4.98 Å². The van der Waals surface area contributed by atoms with Crippen LogP contribution in [-0.4, -0.2) is 10.8 Å². The Labute approximate surface area is 157 Å². The van der Waals surface area contributed by atoms with Crippen LogP contribution in [0.1, 0.15) is 27.8 Å². The second-order valence-electron chi connectivity index (χ2n) is 6.24. The molecule has 0 spiro atoms. The summed E-state index contributed by atoms with van der Waals surface area (Å²) in [4.78, 5) is 8.82. The Kier molecular flexibility index (Phi) is 3.88. The van der Waals surface area contributed by atoms with Gasteiger partial charge in [0.15, 0.2) is 0 Å². The van der Waals surface area contributed by atoms with E-state index in [1.165, 1.54) is 12.1 Å². The van der Waals surface area contributed by atoms with E-state index in [0.717, 1.165) is 5.56 Å². The lowest BCUT2D eigenvalue weighted by Crippen LogP contribution is -2.27. The van der Waals surface area contributed by atoms with Crippen molar-refractivity contribution in [3.05, 3.63) is 98.8 Å². The zero-order chi connectivity index (χ0) is 18.5. The molecular weight excluding hydrogens is 400 g/mol. The first-order valence-corrected chi connectivity index (χ1v) is 8.75. The van der Waals surface area contributed by atoms with Gasteiger partial charge in [0.1, 0.15) is 23.0 Å². The van der Waals surface area contributed by atoms with Gasteiger partial charge in [0.2, 0.25) is 0 Å². The summed E-state index contributed by atoms with van der Waals surface area (Å²) in [6.45, 7) is 1.88. The van der Waals surface area contributed by atoms with E-state index in [4.69, 9.17) is 5.73 Å². The molecule has 26 heavy (non-hydrogen) atoms. The van der Waals surface area contributed by atoms with Crippen LogP contribution >= 0.6 is 15.9 Å². The molecule has 3 nitrogen and oxygen atoms in total. The average Bonchev–Trinajstić information content (AvgIpc) is 2.92. The lowest BCUT2D eigenvalue weighted by Gasteiger charge is -2.29. The molecule has 0 aliphatic carbocycles. The van der Waals surface area contributed by atoms with E-state index in [1.807, 2.05) is 13.0 Å². The fourth-order valence-electron chi connectivity index (χ4n) is 3.49. The molecule has 0 fully saturated rings. The third kappa shape index (κ3) is 2.36. The van der Waals surface area contributed by atoms with Crippen molar-refractivity contribution in [2.75, 3.05) is 0 Å². The lowest BCUT2D eigenvalue weighted by molar-refractivity contribution is 0.556. The maximum Gasteiger partial charge on any atom is 0.143 e. The Hall–Kier alpha value is -2.60. The van der Waals surface area contributed by atoms with Gasteiger partial charge in [0.05, 0.1) is 5.56 Å². The number of nitrogens with two attached hydrogens (primary N) is 1. The molecule has 0 bridgehead atoms. The van der Waals surface area contributed by atoms with Crippen LogP contribution in [0.2, 0.25) is 0 Å². The second-order valence-corrected chi connectivity index (χ2v) is 7.16. The van der Waals surface area contributed by atoms with E-state index in [0.29, 0.717) is 15.6 Å². The third-order valence-corrected chi connectivity index (χ3v) is 5.05. The quantitative estimate of drug-likeness (QED) is 0.674. The Morgan fingerprint density at radius 1 is 1.00 bits per heavy atom. The average molecular weight is 414 g/mol. The van der Waals surface area contributed by atoms with Crippen molar-refractivity contribution >= 4 is 21.8 Å². The number of aromatic nitrogens is 1. The number of benzene rings is 2. The van der Waals surface area contributed by atoms with Crippen molar-refractivity contribution in [2.45, 2.75) is 12.5 Å². The third-order valence-electron chi connectivity index (χ3n) is 4.56. The summed E-state index contributed by atoms with van der Waals surface area (Å²) >= 11 is 3.39. The number of rotatable bonds is 2. The number of hydrogen-bond acceptors (Lipinski definition) is 3. The molecule has 3 aromatic rings. The monoisotopic (exact) mass is 413 g/mol. The van der Waals surface area contributed by atoms with Gasteiger partial charge in [-0.1, -0.05) is 28.1 Å². The number of pyridine rings is 1. The largest absolute Gasteiger partial charge is 0.383 e. The van der Waals surface area contributed by atoms with Crippen LogP contribution in [0.25, 0.3) is 0 Å². The molecule has 0 amide bonds. The van der Waals surface area contributed by atoms with E-state index >= 15 is 0 Å². The molecule has 2 N–H and O–H groups in total. The summed E-state index contributed by atoms with van der Waals surface area (Å²) in [5.41, 5.74) is 7.28. The summed E-state index contributed by atoms with van der Waals surface area (Å²) in [5.74, 6) is -0.899. The Morgan fingerprint density at radius 3 is 2.58 bits per heavy atom. The van der Waals surface area contributed by atoms with Crippen LogP contribution in [-0.2, 0) is 5.54 Å². The van der Waals surface area contributed by atoms with Gasteiger partial charge in [-0.25, -0.2) is 13.8 Å². The normalized spacial score (nSPS) is 18.5. The number of fused-ring (bicyclic) bond motifs is 1. The van der Waals surface area contributed by atoms with E-state index in [1.54, 1.807) is 36.7 Å². The van der Waals surface area contributed by atoms with Gasteiger partial charge in [0, 0.05) is 33.6 Å². The first-order valence-electron chi connectivity index (χ1n) is 7.96. The van der Waals surface area contributed by atoms with Crippen molar-refractivity contribution in [3.8, 4) is 0 Å². The highest BCUT2D eigenvalue weighted by atomic mass is 79.9. The number of hydrogen-bond donors (Lipinski definition) is 1. The van der Waals surface area contributed by atoms with Crippen LogP contribution in [0, 0.1) is 18.6 Å². The highest BCUT2D eigenvalue weighted by molar-refractivity contribution is 9.10. The molecule has 0 saturated heterocycles. The molecule has 4 rings (SSSR count).